The molecule has 0 aromatic carbocycles. The minimum Gasteiger partial charge on any atom is -0.470 e. The number of aromatic nitrogens is 3. The van der Waals surface area contributed by atoms with Crippen molar-refractivity contribution in [3.05, 3.63) is 34.9 Å². The first-order chi connectivity index (χ1) is 6.45. The molecule has 0 spiro atoms. The summed E-state index contributed by atoms with van der Waals surface area (Å²) in [5, 5.41) is 9.41. The standard InChI is InChI=1S/C8H7N3OS/c1-2-8(11-10-3-1)12-4-7-5-13-6-9-7/h1-3,5-6H,4H2. The molecule has 0 aliphatic heterocycles. The Balaban J connectivity index is 1.94. The Bertz CT molecular complexity index is 349. The molecule has 2 aromatic rings. The summed E-state index contributed by atoms with van der Waals surface area (Å²) in [7, 11) is 0. The first-order valence-electron chi connectivity index (χ1n) is 3.73. The summed E-state index contributed by atoms with van der Waals surface area (Å²) in [6.45, 7) is 0.447. The second kappa shape index (κ2) is 3.95. The molecule has 13 heavy (non-hydrogen) atoms. The Morgan fingerprint density at radius 2 is 2.46 bits per heavy atom. The molecule has 0 saturated heterocycles. The second-order valence-corrected chi connectivity index (χ2v) is 3.05. The molecule has 5 heteroatoms. The van der Waals surface area contributed by atoms with Crippen molar-refractivity contribution in [2.45, 2.75) is 6.61 Å². The van der Waals surface area contributed by atoms with Crippen LogP contribution in [0.15, 0.2) is 29.2 Å². The normalized spacial score (nSPS) is 9.85. The minimum atomic E-state index is 0.447. The van der Waals surface area contributed by atoms with Crippen LogP contribution in [0.3, 0.4) is 0 Å². The van der Waals surface area contributed by atoms with E-state index in [1.807, 2.05) is 5.38 Å². The van der Waals surface area contributed by atoms with Gasteiger partial charge in [0.1, 0.15) is 6.61 Å². The summed E-state index contributed by atoms with van der Waals surface area (Å²) < 4.78 is 5.32. The van der Waals surface area contributed by atoms with Gasteiger partial charge in [-0.25, -0.2) is 4.98 Å². The molecule has 0 saturated carbocycles. The maximum absolute atomic E-state index is 5.32. The molecule has 0 bridgehead atoms. The number of thiazole rings is 1. The van der Waals surface area contributed by atoms with E-state index < -0.39 is 0 Å². The lowest BCUT2D eigenvalue weighted by Gasteiger charge is -2.00. The van der Waals surface area contributed by atoms with E-state index in [2.05, 4.69) is 15.2 Å². The predicted octanol–water partition coefficient (Wildman–Crippen LogP) is 1.51. The molecule has 2 rings (SSSR count). The molecule has 0 fully saturated rings. The van der Waals surface area contributed by atoms with Gasteiger partial charge in [0, 0.05) is 17.6 Å². The summed E-state index contributed by atoms with van der Waals surface area (Å²) in [5.41, 5.74) is 2.69. The zero-order chi connectivity index (χ0) is 8.93. The van der Waals surface area contributed by atoms with E-state index in [0.717, 1.165) is 5.69 Å². The maximum Gasteiger partial charge on any atom is 0.233 e. The number of hydrogen-bond donors (Lipinski definition) is 0. The van der Waals surface area contributed by atoms with Crippen LogP contribution in [0.1, 0.15) is 5.69 Å². The third kappa shape index (κ3) is 2.22. The summed E-state index contributed by atoms with van der Waals surface area (Å²) in [4.78, 5) is 4.08. The molecule has 2 heterocycles. The van der Waals surface area contributed by atoms with Crippen LogP contribution in [-0.4, -0.2) is 15.2 Å². The van der Waals surface area contributed by atoms with Crippen molar-refractivity contribution in [1.82, 2.24) is 15.2 Å². The van der Waals surface area contributed by atoms with Crippen molar-refractivity contribution in [2.24, 2.45) is 0 Å². The zero-order valence-electron chi connectivity index (χ0n) is 6.75. The zero-order valence-corrected chi connectivity index (χ0v) is 7.57. The predicted molar refractivity (Wildman–Crippen MR) is 48.5 cm³/mol. The third-order valence-electron chi connectivity index (χ3n) is 1.40. The Morgan fingerprint density at radius 1 is 1.46 bits per heavy atom. The van der Waals surface area contributed by atoms with Gasteiger partial charge >= 0.3 is 0 Å². The Hall–Kier alpha value is -1.49. The maximum atomic E-state index is 5.32. The molecule has 0 aliphatic rings. The largest absolute Gasteiger partial charge is 0.470 e. The van der Waals surface area contributed by atoms with E-state index in [4.69, 9.17) is 4.74 Å². The van der Waals surface area contributed by atoms with Crippen molar-refractivity contribution in [3.63, 3.8) is 0 Å². The van der Waals surface area contributed by atoms with Gasteiger partial charge in [-0.2, -0.15) is 5.10 Å². The summed E-state index contributed by atoms with van der Waals surface area (Å²) in [6, 6.07) is 3.54. The van der Waals surface area contributed by atoms with Gasteiger partial charge < -0.3 is 4.74 Å². The molecule has 0 atom stereocenters. The number of nitrogens with zero attached hydrogens (tertiary/aromatic N) is 3. The van der Waals surface area contributed by atoms with Crippen molar-refractivity contribution < 1.29 is 4.74 Å². The van der Waals surface area contributed by atoms with Crippen LogP contribution in [-0.2, 0) is 6.61 Å². The quantitative estimate of drug-likeness (QED) is 0.741. The number of hydrogen-bond acceptors (Lipinski definition) is 5. The topological polar surface area (TPSA) is 47.9 Å². The fourth-order valence-electron chi connectivity index (χ4n) is 0.821. The van der Waals surface area contributed by atoms with Gasteiger partial charge in [0.2, 0.25) is 5.88 Å². The van der Waals surface area contributed by atoms with E-state index in [1.54, 1.807) is 35.2 Å². The highest BCUT2D eigenvalue weighted by atomic mass is 32.1. The number of ether oxygens (including phenoxy) is 1. The molecule has 0 amide bonds. The van der Waals surface area contributed by atoms with Crippen LogP contribution < -0.4 is 4.74 Å². The monoisotopic (exact) mass is 193 g/mol. The van der Waals surface area contributed by atoms with Gasteiger partial charge in [-0.05, 0) is 6.07 Å². The van der Waals surface area contributed by atoms with Crippen LogP contribution >= 0.6 is 11.3 Å². The molecule has 4 nitrogen and oxygen atoms in total. The average Bonchev–Trinajstić information content (AvgIpc) is 2.69. The first-order valence-corrected chi connectivity index (χ1v) is 4.67. The van der Waals surface area contributed by atoms with Crippen LogP contribution in [0.2, 0.25) is 0 Å². The second-order valence-electron chi connectivity index (χ2n) is 2.33. The van der Waals surface area contributed by atoms with Crippen molar-refractivity contribution in [2.75, 3.05) is 0 Å². The summed E-state index contributed by atoms with van der Waals surface area (Å²) >= 11 is 1.55. The summed E-state index contributed by atoms with van der Waals surface area (Å²) in [6.07, 6.45) is 1.61. The summed E-state index contributed by atoms with van der Waals surface area (Å²) in [5.74, 6) is 0.524. The third-order valence-corrected chi connectivity index (χ3v) is 2.03. The number of rotatable bonds is 3. The van der Waals surface area contributed by atoms with Gasteiger partial charge in [0.15, 0.2) is 0 Å². The molecule has 0 radical (unpaired) electrons. The Kier molecular flexibility index (Phi) is 2.47. The average molecular weight is 193 g/mol. The lowest BCUT2D eigenvalue weighted by molar-refractivity contribution is 0.286. The molecule has 66 valence electrons. The van der Waals surface area contributed by atoms with Gasteiger partial charge in [-0.1, -0.05) is 0 Å². The van der Waals surface area contributed by atoms with Crippen LogP contribution in [0.5, 0.6) is 5.88 Å². The van der Waals surface area contributed by atoms with Gasteiger partial charge in [-0.15, -0.1) is 16.4 Å². The van der Waals surface area contributed by atoms with E-state index >= 15 is 0 Å². The minimum absolute atomic E-state index is 0.447. The van der Waals surface area contributed by atoms with E-state index in [9.17, 15) is 0 Å². The van der Waals surface area contributed by atoms with Crippen LogP contribution in [0, 0.1) is 0 Å². The van der Waals surface area contributed by atoms with Crippen molar-refractivity contribution >= 4 is 11.3 Å². The van der Waals surface area contributed by atoms with Crippen molar-refractivity contribution in [1.29, 1.82) is 0 Å². The molecular weight excluding hydrogens is 186 g/mol. The molecular formula is C8H7N3OS. The molecule has 0 aliphatic carbocycles. The van der Waals surface area contributed by atoms with E-state index in [0.29, 0.717) is 12.5 Å². The lowest BCUT2D eigenvalue weighted by atomic mass is 10.5. The van der Waals surface area contributed by atoms with E-state index in [-0.39, 0.29) is 0 Å². The van der Waals surface area contributed by atoms with Crippen LogP contribution in [0.25, 0.3) is 0 Å². The van der Waals surface area contributed by atoms with Gasteiger partial charge in [-0.3, -0.25) is 0 Å². The first kappa shape index (κ1) is 8.12. The molecule has 0 N–H and O–H groups in total. The Labute approximate surface area is 79.2 Å². The SMILES string of the molecule is c1cnnc(OCc2cscn2)c1. The lowest BCUT2D eigenvalue weighted by Crippen LogP contribution is -1.97. The smallest absolute Gasteiger partial charge is 0.233 e. The fourth-order valence-corrected chi connectivity index (χ4v) is 1.36. The molecule has 0 unspecified atom stereocenters. The van der Waals surface area contributed by atoms with Gasteiger partial charge in [0.25, 0.3) is 0 Å². The highest BCUT2D eigenvalue weighted by Gasteiger charge is 1.97. The highest BCUT2D eigenvalue weighted by molar-refractivity contribution is 7.07. The Morgan fingerprint density at radius 3 is 3.15 bits per heavy atom. The highest BCUT2D eigenvalue weighted by Crippen LogP contribution is 2.07. The van der Waals surface area contributed by atoms with Crippen molar-refractivity contribution in [3.8, 4) is 5.88 Å². The van der Waals surface area contributed by atoms with Gasteiger partial charge in [0.05, 0.1) is 11.2 Å². The van der Waals surface area contributed by atoms with Crippen LogP contribution in [0.4, 0.5) is 0 Å². The van der Waals surface area contributed by atoms with E-state index in [1.165, 1.54) is 0 Å². The fraction of sp³-hybridized carbons (Fsp3) is 0.125. The molecule has 2 aromatic heterocycles.